The molecule has 0 aliphatic heterocycles. The van der Waals surface area contributed by atoms with Crippen LogP contribution in [0.3, 0.4) is 0 Å². The normalized spacial score (nSPS) is 10.8. The van der Waals surface area contributed by atoms with E-state index < -0.39 is 0 Å². The summed E-state index contributed by atoms with van der Waals surface area (Å²) in [6, 6.07) is 8.55. The maximum atomic E-state index is 2.29. The SMILES string of the molecule is Cc1cccc2c1ccn2SI. The second kappa shape index (κ2) is 3.30. The van der Waals surface area contributed by atoms with E-state index in [1.54, 1.807) is 9.12 Å². The molecule has 12 heavy (non-hydrogen) atoms. The molecule has 0 aliphatic carbocycles. The molecule has 2 rings (SSSR count). The fourth-order valence-electron chi connectivity index (χ4n) is 1.36. The number of nitrogens with zero attached hydrogens (tertiary/aromatic N) is 1. The zero-order chi connectivity index (χ0) is 8.55. The Balaban J connectivity index is 2.80. The summed E-state index contributed by atoms with van der Waals surface area (Å²) in [7, 11) is 1.70. The molecule has 2 aromatic rings. The highest BCUT2D eigenvalue weighted by molar-refractivity contribution is 14.2. The molecule has 1 aromatic carbocycles. The second-order valence-corrected chi connectivity index (χ2v) is 4.43. The number of benzene rings is 1. The Morgan fingerprint density at radius 3 is 2.92 bits per heavy atom. The van der Waals surface area contributed by atoms with E-state index in [1.807, 2.05) is 0 Å². The van der Waals surface area contributed by atoms with Crippen molar-refractivity contribution in [1.82, 2.24) is 3.97 Å². The Labute approximate surface area is 87.9 Å². The molecule has 0 unspecified atom stereocenters. The smallest absolute Gasteiger partial charge is 0.0601 e. The van der Waals surface area contributed by atoms with Crippen LogP contribution in [0.25, 0.3) is 10.9 Å². The third-order valence-electron chi connectivity index (χ3n) is 1.99. The molecule has 1 nitrogen and oxygen atoms in total. The van der Waals surface area contributed by atoms with Gasteiger partial charge < -0.3 is 0 Å². The average molecular weight is 289 g/mol. The van der Waals surface area contributed by atoms with E-state index in [-0.39, 0.29) is 0 Å². The first-order chi connectivity index (χ1) is 5.83. The fraction of sp³-hybridized carbons (Fsp3) is 0.111. The molecule has 0 saturated carbocycles. The van der Waals surface area contributed by atoms with Gasteiger partial charge in [0, 0.05) is 41.9 Å². The van der Waals surface area contributed by atoms with Crippen LogP contribution >= 0.6 is 30.3 Å². The van der Waals surface area contributed by atoms with Crippen LogP contribution in [0.15, 0.2) is 30.5 Å². The Morgan fingerprint density at radius 1 is 1.33 bits per heavy atom. The van der Waals surface area contributed by atoms with Gasteiger partial charge in [-0.3, -0.25) is 3.97 Å². The highest BCUT2D eigenvalue weighted by Crippen LogP contribution is 2.26. The zero-order valence-corrected chi connectivity index (χ0v) is 9.59. The summed E-state index contributed by atoms with van der Waals surface area (Å²) in [6.07, 6.45) is 2.11. The second-order valence-electron chi connectivity index (χ2n) is 2.72. The van der Waals surface area contributed by atoms with E-state index in [2.05, 4.69) is 62.6 Å². The van der Waals surface area contributed by atoms with Crippen LogP contribution in [-0.4, -0.2) is 3.97 Å². The minimum absolute atomic E-state index is 1.30. The summed E-state index contributed by atoms with van der Waals surface area (Å²) >= 11 is 2.29. The van der Waals surface area contributed by atoms with Gasteiger partial charge >= 0.3 is 0 Å². The van der Waals surface area contributed by atoms with E-state index in [0.717, 1.165) is 0 Å². The van der Waals surface area contributed by atoms with Crippen LogP contribution in [0.5, 0.6) is 0 Å². The van der Waals surface area contributed by atoms with Crippen molar-refractivity contribution in [2.45, 2.75) is 6.92 Å². The average Bonchev–Trinajstić information content (AvgIpc) is 2.49. The minimum atomic E-state index is 1.30. The van der Waals surface area contributed by atoms with Crippen LogP contribution in [0, 0.1) is 6.92 Å². The summed E-state index contributed by atoms with van der Waals surface area (Å²) in [4.78, 5) is 0. The lowest BCUT2D eigenvalue weighted by Crippen LogP contribution is -1.79. The molecule has 0 aliphatic rings. The van der Waals surface area contributed by atoms with Crippen LogP contribution < -0.4 is 0 Å². The van der Waals surface area contributed by atoms with Gasteiger partial charge in [-0.05, 0) is 24.6 Å². The van der Waals surface area contributed by atoms with Gasteiger partial charge in [-0.25, -0.2) is 0 Å². The van der Waals surface area contributed by atoms with Crippen molar-refractivity contribution in [3.63, 3.8) is 0 Å². The quantitative estimate of drug-likeness (QED) is 0.723. The first-order valence-electron chi connectivity index (χ1n) is 3.68. The van der Waals surface area contributed by atoms with E-state index >= 15 is 0 Å². The van der Waals surface area contributed by atoms with Crippen LogP contribution in [0.2, 0.25) is 0 Å². The van der Waals surface area contributed by atoms with E-state index in [1.165, 1.54) is 16.5 Å². The molecule has 0 amide bonds. The van der Waals surface area contributed by atoms with Crippen molar-refractivity contribution in [2.24, 2.45) is 0 Å². The van der Waals surface area contributed by atoms with Gasteiger partial charge in [0.05, 0.1) is 5.52 Å². The molecule has 0 spiro atoms. The molecule has 1 heterocycles. The van der Waals surface area contributed by atoms with Gasteiger partial charge in [0.25, 0.3) is 0 Å². The van der Waals surface area contributed by atoms with Crippen LogP contribution in [0.4, 0.5) is 0 Å². The van der Waals surface area contributed by atoms with Crippen molar-refractivity contribution in [3.8, 4) is 0 Å². The van der Waals surface area contributed by atoms with Crippen molar-refractivity contribution in [2.75, 3.05) is 0 Å². The van der Waals surface area contributed by atoms with Crippen molar-refractivity contribution >= 4 is 41.2 Å². The van der Waals surface area contributed by atoms with Gasteiger partial charge in [0.2, 0.25) is 0 Å². The molecule has 0 bridgehead atoms. The third-order valence-corrected chi connectivity index (χ3v) is 3.73. The number of hydrogen-bond acceptors (Lipinski definition) is 1. The van der Waals surface area contributed by atoms with Crippen LogP contribution in [0.1, 0.15) is 5.56 Å². The lowest BCUT2D eigenvalue weighted by atomic mass is 10.1. The maximum Gasteiger partial charge on any atom is 0.0601 e. The number of fused-ring (bicyclic) bond motifs is 1. The monoisotopic (exact) mass is 289 g/mol. The summed E-state index contributed by atoms with van der Waals surface area (Å²) in [5.41, 5.74) is 2.64. The first kappa shape index (κ1) is 8.44. The van der Waals surface area contributed by atoms with Crippen LogP contribution in [-0.2, 0) is 0 Å². The standard InChI is InChI=1S/C9H8INS/c1-7-3-2-4-9-8(7)5-6-11(9)12-10/h2-6H,1H3. The Morgan fingerprint density at radius 2 is 2.17 bits per heavy atom. The van der Waals surface area contributed by atoms with Crippen molar-refractivity contribution in [1.29, 1.82) is 0 Å². The van der Waals surface area contributed by atoms with E-state index in [0.29, 0.717) is 0 Å². The molecule has 0 radical (unpaired) electrons. The van der Waals surface area contributed by atoms with Gasteiger partial charge in [-0.1, -0.05) is 12.1 Å². The highest BCUT2D eigenvalue weighted by atomic mass is 127. The van der Waals surface area contributed by atoms with Gasteiger partial charge in [-0.2, -0.15) is 0 Å². The predicted octanol–water partition coefficient (Wildman–Crippen LogP) is 3.80. The molecule has 0 saturated heterocycles. The molecule has 0 N–H and O–H groups in total. The van der Waals surface area contributed by atoms with Crippen molar-refractivity contribution in [3.05, 3.63) is 36.0 Å². The number of halogens is 1. The lowest BCUT2D eigenvalue weighted by molar-refractivity contribution is 1.36. The molecule has 0 fully saturated rings. The summed E-state index contributed by atoms with van der Waals surface area (Å²) in [5, 5.41) is 1.35. The molecular formula is C9H8INS. The van der Waals surface area contributed by atoms with Gasteiger partial charge in [0.15, 0.2) is 0 Å². The maximum absolute atomic E-state index is 2.29. The number of aryl methyl sites for hydroxylation is 1. The number of hydrogen-bond donors (Lipinski definition) is 0. The third kappa shape index (κ3) is 1.25. The zero-order valence-electron chi connectivity index (χ0n) is 6.62. The summed E-state index contributed by atoms with van der Waals surface area (Å²) < 4.78 is 2.17. The molecule has 3 heteroatoms. The Bertz CT molecular complexity index is 408. The Kier molecular flexibility index (Phi) is 2.32. The topological polar surface area (TPSA) is 4.93 Å². The van der Waals surface area contributed by atoms with Gasteiger partial charge in [-0.15, -0.1) is 0 Å². The minimum Gasteiger partial charge on any atom is -0.283 e. The number of rotatable bonds is 1. The largest absolute Gasteiger partial charge is 0.283 e. The fourth-order valence-corrected chi connectivity index (χ4v) is 2.73. The van der Waals surface area contributed by atoms with E-state index in [4.69, 9.17) is 0 Å². The van der Waals surface area contributed by atoms with E-state index in [9.17, 15) is 0 Å². The number of aromatic nitrogens is 1. The molecule has 62 valence electrons. The molecular weight excluding hydrogens is 281 g/mol. The first-order valence-corrected chi connectivity index (χ1v) is 7.00. The van der Waals surface area contributed by atoms with Gasteiger partial charge in [0.1, 0.15) is 0 Å². The van der Waals surface area contributed by atoms with Crippen molar-refractivity contribution < 1.29 is 0 Å². The summed E-state index contributed by atoms with van der Waals surface area (Å²) in [5.74, 6) is 0. The highest BCUT2D eigenvalue weighted by Gasteiger charge is 2.00. The summed E-state index contributed by atoms with van der Waals surface area (Å²) in [6.45, 7) is 2.14. The molecule has 0 atom stereocenters. The predicted molar refractivity (Wildman–Crippen MR) is 63.7 cm³/mol. The molecule has 1 aromatic heterocycles. The Hall–Kier alpha value is -0.160. The lowest BCUT2D eigenvalue weighted by Gasteiger charge is -1.98.